The molecule has 1 aliphatic heterocycles. The zero-order valence-corrected chi connectivity index (χ0v) is 18.2. The second-order valence-electron chi connectivity index (χ2n) is 6.55. The van der Waals surface area contributed by atoms with Gasteiger partial charge in [-0.1, -0.05) is 78.0 Å². The molecule has 0 N–H and O–H groups in total. The number of ether oxygens (including phenoxy) is 1. The van der Waals surface area contributed by atoms with Crippen LogP contribution in [0.3, 0.4) is 0 Å². The Kier molecular flexibility index (Phi) is 6.47. The van der Waals surface area contributed by atoms with E-state index in [1.54, 1.807) is 17.3 Å². The topological polar surface area (TPSA) is 42.4 Å². The van der Waals surface area contributed by atoms with Crippen molar-refractivity contribution in [3.8, 4) is 5.75 Å². The first-order valence-electron chi connectivity index (χ1n) is 9.21. The van der Waals surface area contributed by atoms with Gasteiger partial charge in [-0.25, -0.2) is 0 Å². The fraction of sp³-hybridized carbons (Fsp3) is 0.0870. The highest BCUT2D eigenvalue weighted by Gasteiger charge is 2.32. The number of hydrogen-bond donors (Lipinski definition) is 0. The summed E-state index contributed by atoms with van der Waals surface area (Å²) in [5.41, 5.74) is 2.64. The average molecular weight is 453 g/mol. The first kappa shape index (κ1) is 20.6. The van der Waals surface area contributed by atoms with E-state index in [2.05, 4.69) is 4.98 Å². The van der Waals surface area contributed by atoms with Gasteiger partial charge in [0.05, 0.1) is 11.4 Å². The summed E-state index contributed by atoms with van der Waals surface area (Å²) in [5, 5.41) is 0.659. The number of carbonyl (C=O) groups excluding carboxylic acids is 1. The molecule has 1 saturated heterocycles. The predicted molar refractivity (Wildman–Crippen MR) is 125 cm³/mol. The molecule has 0 atom stereocenters. The highest BCUT2D eigenvalue weighted by atomic mass is 35.5. The molecule has 1 aromatic heterocycles. The minimum absolute atomic E-state index is 0.116. The van der Waals surface area contributed by atoms with Crippen LogP contribution < -0.4 is 4.74 Å². The molecule has 30 heavy (non-hydrogen) atoms. The van der Waals surface area contributed by atoms with Gasteiger partial charge in [-0.15, -0.1) is 0 Å². The summed E-state index contributed by atoms with van der Waals surface area (Å²) >= 11 is 12.9. The molecule has 1 amide bonds. The van der Waals surface area contributed by atoms with Crippen LogP contribution in [0, 0.1) is 0 Å². The fourth-order valence-corrected chi connectivity index (χ4v) is 4.39. The van der Waals surface area contributed by atoms with Crippen LogP contribution in [0.2, 0.25) is 5.02 Å². The molecule has 1 fully saturated rings. The number of benzene rings is 2. The van der Waals surface area contributed by atoms with Crippen molar-refractivity contribution in [2.75, 3.05) is 0 Å². The van der Waals surface area contributed by atoms with Crippen molar-refractivity contribution in [1.82, 2.24) is 9.88 Å². The van der Waals surface area contributed by atoms with E-state index in [0.29, 0.717) is 33.1 Å². The minimum Gasteiger partial charge on any atom is -0.488 e. The van der Waals surface area contributed by atoms with Gasteiger partial charge in [0.25, 0.3) is 5.91 Å². The third-order valence-corrected chi connectivity index (χ3v) is 6.23. The van der Waals surface area contributed by atoms with Gasteiger partial charge in [-0.3, -0.25) is 14.7 Å². The van der Waals surface area contributed by atoms with Gasteiger partial charge in [0, 0.05) is 28.5 Å². The lowest BCUT2D eigenvalue weighted by Gasteiger charge is -2.14. The maximum Gasteiger partial charge on any atom is 0.266 e. The summed E-state index contributed by atoms with van der Waals surface area (Å²) in [6, 6.07) is 18.9. The highest BCUT2D eigenvalue weighted by molar-refractivity contribution is 8.26. The molecule has 1 aliphatic rings. The average Bonchev–Trinajstić information content (AvgIpc) is 3.02. The molecule has 0 unspecified atom stereocenters. The van der Waals surface area contributed by atoms with Gasteiger partial charge in [0.15, 0.2) is 0 Å². The van der Waals surface area contributed by atoms with Crippen molar-refractivity contribution in [1.29, 1.82) is 0 Å². The third-order valence-electron chi connectivity index (χ3n) is 4.48. The number of aromatic nitrogens is 1. The van der Waals surface area contributed by atoms with Crippen LogP contribution in [-0.2, 0) is 17.9 Å². The SMILES string of the molecule is O=C1/C(=C/c2ccccc2OCc2ccccc2Cl)SC(=S)N1Cc1cccnc1. The molecular formula is C23H17ClN2O2S2. The van der Waals surface area contributed by atoms with E-state index >= 15 is 0 Å². The van der Waals surface area contributed by atoms with E-state index in [9.17, 15) is 4.79 Å². The number of para-hydroxylation sites is 1. The Morgan fingerprint density at radius 1 is 1.10 bits per heavy atom. The zero-order chi connectivity index (χ0) is 20.9. The first-order chi connectivity index (χ1) is 14.6. The molecule has 3 aromatic rings. The van der Waals surface area contributed by atoms with Crippen LogP contribution >= 0.6 is 35.6 Å². The number of thioether (sulfide) groups is 1. The first-order valence-corrected chi connectivity index (χ1v) is 10.8. The second kappa shape index (κ2) is 9.43. The lowest BCUT2D eigenvalue weighted by atomic mass is 10.1. The number of pyridine rings is 1. The van der Waals surface area contributed by atoms with Crippen molar-refractivity contribution >= 4 is 51.9 Å². The Morgan fingerprint density at radius 2 is 1.90 bits per heavy atom. The molecule has 0 aliphatic carbocycles. The maximum absolute atomic E-state index is 12.9. The van der Waals surface area contributed by atoms with Gasteiger partial charge in [-0.05, 0) is 29.8 Å². The van der Waals surface area contributed by atoms with Gasteiger partial charge in [0.1, 0.15) is 16.7 Å². The smallest absolute Gasteiger partial charge is 0.266 e. The number of hydrogen-bond acceptors (Lipinski definition) is 5. The molecule has 4 rings (SSSR count). The molecule has 0 saturated carbocycles. The van der Waals surface area contributed by atoms with Crippen LogP contribution in [0.5, 0.6) is 5.75 Å². The van der Waals surface area contributed by atoms with Gasteiger partial charge in [0.2, 0.25) is 0 Å². The Morgan fingerprint density at radius 3 is 2.70 bits per heavy atom. The van der Waals surface area contributed by atoms with Crippen LogP contribution in [0.15, 0.2) is 78.0 Å². The van der Waals surface area contributed by atoms with Gasteiger partial charge < -0.3 is 4.74 Å². The Bertz CT molecular complexity index is 1120. The van der Waals surface area contributed by atoms with Crippen LogP contribution in [0.25, 0.3) is 6.08 Å². The van der Waals surface area contributed by atoms with E-state index < -0.39 is 0 Å². The molecule has 2 aromatic carbocycles. The predicted octanol–water partition coefficient (Wildman–Crippen LogP) is 5.72. The van der Waals surface area contributed by atoms with E-state index in [1.165, 1.54) is 11.8 Å². The quantitative estimate of drug-likeness (QED) is 0.353. The Balaban J connectivity index is 1.53. The number of rotatable bonds is 6. The second-order valence-corrected chi connectivity index (χ2v) is 8.63. The van der Waals surface area contributed by atoms with E-state index in [-0.39, 0.29) is 5.91 Å². The maximum atomic E-state index is 12.9. The lowest BCUT2D eigenvalue weighted by molar-refractivity contribution is -0.122. The van der Waals surface area contributed by atoms with Crippen molar-refractivity contribution in [3.05, 3.63) is 99.7 Å². The summed E-state index contributed by atoms with van der Waals surface area (Å²) in [7, 11) is 0. The van der Waals surface area contributed by atoms with Crippen molar-refractivity contribution in [2.45, 2.75) is 13.2 Å². The van der Waals surface area contributed by atoms with Gasteiger partial charge >= 0.3 is 0 Å². The Labute approximate surface area is 189 Å². The number of thiocarbonyl (C=S) groups is 1. The normalized spacial score (nSPS) is 15.1. The molecule has 4 nitrogen and oxygen atoms in total. The van der Waals surface area contributed by atoms with Crippen LogP contribution in [0.4, 0.5) is 0 Å². The summed E-state index contributed by atoms with van der Waals surface area (Å²) in [4.78, 5) is 19.2. The lowest BCUT2D eigenvalue weighted by Crippen LogP contribution is -2.27. The molecule has 0 spiro atoms. The summed E-state index contributed by atoms with van der Waals surface area (Å²) in [5.74, 6) is 0.560. The molecular weight excluding hydrogens is 436 g/mol. The minimum atomic E-state index is -0.116. The van der Waals surface area contributed by atoms with Crippen molar-refractivity contribution < 1.29 is 9.53 Å². The number of nitrogens with zero attached hydrogens (tertiary/aromatic N) is 2. The van der Waals surface area contributed by atoms with Gasteiger partial charge in [-0.2, -0.15) is 0 Å². The fourth-order valence-electron chi connectivity index (χ4n) is 2.95. The van der Waals surface area contributed by atoms with E-state index in [1.807, 2.05) is 66.7 Å². The summed E-state index contributed by atoms with van der Waals surface area (Å²) in [6.07, 6.45) is 5.26. The number of halogens is 1. The monoisotopic (exact) mass is 452 g/mol. The van der Waals surface area contributed by atoms with Crippen LogP contribution in [0.1, 0.15) is 16.7 Å². The Hall–Kier alpha value is -2.67. The largest absolute Gasteiger partial charge is 0.488 e. The summed E-state index contributed by atoms with van der Waals surface area (Å²) in [6.45, 7) is 0.743. The zero-order valence-electron chi connectivity index (χ0n) is 15.8. The van der Waals surface area contributed by atoms with Crippen molar-refractivity contribution in [3.63, 3.8) is 0 Å². The molecule has 0 bridgehead atoms. The molecule has 150 valence electrons. The summed E-state index contributed by atoms with van der Waals surface area (Å²) < 4.78 is 6.53. The van der Waals surface area contributed by atoms with E-state index in [0.717, 1.165) is 16.7 Å². The van der Waals surface area contributed by atoms with Crippen molar-refractivity contribution in [2.24, 2.45) is 0 Å². The third kappa shape index (κ3) is 4.73. The number of amides is 1. The molecule has 0 radical (unpaired) electrons. The van der Waals surface area contributed by atoms with E-state index in [4.69, 9.17) is 28.6 Å². The molecule has 7 heteroatoms. The standard InChI is InChI=1S/C23H17ClN2O2S2/c24-19-9-3-1-8-18(19)15-28-20-10-4-2-7-17(20)12-21-22(27)26(23(29)30-21)14-16-6-5-11-25-13-16/h1-13H,14-15H2/b21-12-. The highest BCUT2D eigenvalue weighted by Crippen LogP contribution is 2.35. The molecule has 2 heterocycles. The van der Waals surface area contributed by atoms with Crippen LogP contribution in [-0.4, -0.2) is 20.1 Å². The number of carbonyl (C=O) groups is 1.